The van der Waals surface area contributed by atoms with E-state index in [0.29, 0.717) is 24.3 Å². The third-order valence-corrected chi connectivity index (χ3v) is 5.42. The van der Waals surface area contributed by atoms with E-state index in [9.17, 15) is 8.42 Å². The van der Waals surface area contributed by atoms with Gasteiger partial charge in [-0.05, 0) is 12.5 Å². The van der Waals surface area contributed by atoms with E-state index in [1.807, 2.05) is 13.8 Å². The number of benzene rings is 1. The fraction of sp³-hybridized carbons (Fsp3) is 0.500. The van der Waals surface area contributed by atoms with Gasteiger partial charge in [-0.15, -0.1) is 0 Å². The molecule has 21 heavy (non-hydrogen) atoms. The van der Waals surface area contributed by atoms with Crippen molar-refractivity contribution in [2.75, 3.05) is 20.3 Å². The van der Waals surface area contributed by atoms with Crippen molar-refractivity contribution in [1.29, 1.82) is 0 Å². The lowest BCUT2D eigenvalue weighted by Crippen LogP contribution is -2.41. The minimum atomic E-state index is -3.46. The molecule has 0 aromatic heterocycles. The highest BCUT2D eigenvalue weighted by Gasteiger charge is 2.27. The highest BCUT2D eigenvalue weighted by molar-refractivity contribution is 7.88. The SMILES string of the molecule is CCN(C(C)COC)S(=O)(=O)Cc1ccccc1C(N)=S. The molecule has 0 aliphatic carbocycles. The number of nitrogens with zero attached hydrogens (tertiary/aromatic N) is 1. The fourth-order valence-corrected chi connectivity index (χ4v) is 4.29. The first-order valence-corrected chi connectivity index (χ1v) is 8.71. The molecule has 7 heteroatoms. The van der Waals surface area contributed by atoms with Gasteiger partial charge in [0.15, 0.2) is 0 Å². The second-order valence-corrected chi connectivity index (χ2v) is 7.15. The third kappa shape index (κ3) is 4.74. The standard InChI is InChI=1S/C14H22N2O3S2/c1-4-16(11(2)9-19-3)21(17,18)10-12-7-5-6-8-13(12)14(15)20/h5-8,11H,4,9-10H2,1-3H3,(H2,15,20). The molecular weight excluding hydrogens is 308 g/mol. The zero-order valence-electron chi connectivity index (χ0n) is 12.6. The van der Waals surface area contributed by atoms with Gasteiger partial charge in [-0.3, -0.25) is 0 Å². The number of hydrogen-bond acceptors (Lipinski definition) is 4. The first-order valence-electron chi connectivity index (χ1n) is 6.69. The van der Waals surface area contributed by atoms with Gasteiger partial charge in [-0.1, -0.05) is 43.4 Å². The Morgan fingerprint density at radius 2 is 2.05 bits per heavy atom. The number of hydrogen-bond donors (Lipinski definition) is 1. The van der Waals surface area contributed by atoms with Crippen LogP contribution in [0.4, 0.5) is 0 Å². The Bertz CT molecular complexity index is 588. The Labute approximate surface area is 132 Å². The van der Waals surface area contributed by atoms with E-state index in [4.69, 9.17) is 22.7 Å². The molecule has 118 valence electrons. The molecular formula is C14H22N2O3S2. The lowest BCUT2D eigenvalue weighted by Gasteiger charge is -2.27. The molecule has 0 saturated heterocycles. The molecule has 1 aromatic carbocycles. The smallest absolute Gasteiger partial charge is 0.218 e. The van der Waals surface area contributed by atoms with Crippen molar-refractivity contribution in [2.45, 2.75) is 25.6 Å². The van der Waals surface area contributed by atoms with Crippen LogP contribution in [-0.4, -0.2) is 44.0 Å². The van der Waals surface area contributed by atoms with E-state index >= 15 is 0 Å². The average Bonchev–Trinajstić information content (AvgIpc) is 2.39. The summed E-state index contributed by atoms with van der Waals surface area (Å²) in [5.41, 5.74) is 6.87. The van der Waals surface area contributed by atoms with Crippen LogP contribution in [-0.2, 0) is 20.5 Å². The van der Waals surface area contributed by atoms with E-state index in [1.165, 1.54) is 4.31 Å². The van der Waals surface area contributed by atoms with E-state index in [0.717, 1.165) is 0 Å². The molecule has 0 aliphatic rings. The van der Waals surface area contributed by atoms with Gasteiger partial charge in [-0.2, -0.15) is 4.31 Å². The van der Waals surface area contributed by atoms with E-state index < -0.39 is 10.0 Å². The largest absolute Gasteiger partial charge is 0.389 e. The molecule has 5 nitrogen and oxygen atoms in total. The summed E-state index contributed by atoms with van der Waals surface area (Å²) in [6, 6.07) is 6.82. The summed E-state index contributed by atoms with van der Waals surface area (Å²) in [6.45, 7) is 4.37. The van der Waals surface area contributed by atoms with Crippen LogP contribution in [0.25, 0.3) is 0 Å². The van der Waals surface area contributed by atoms with Crippen molar-refractivity contribution in [1.82, 2.24) is 4.31 Å². The first kappa shape index (κ1) is 18.0. The van der Waals surface area contributed by atoms with Crippen molar-refractivity contribution in [3.05, 3.63) is 35.4 Å². The normalized spacial score (nSPS) is 13.3. The maximum atomic E-state index is 12.6. The van der Waals surface area contributed by atoms with Crippen molar-refractivity contribution in [3.63, 3.8) is 0 Å². The van der Waals surface area contributed by atoms with Gasteiger partial charge in [0.1, 0.15) is 4.99 Å². The molecule has 1 rings (SSSR count). The third-order valence-electron chi connectivity index (χ3n) is 3.19. The molecule has 0 spiro atoms. The molecule has 0 saturated carbocycles. The Balaban J connectivity index is 3.07. The Kier molecular flexibility index (Phi) is 6.73. The number of thiocarbonyl (C=S) groups is 1. The second kappa shape index (κ2) is 7.84. The maximum absolute atomic E-state index is 12.6. The highest BCUT2D eigenvalue weighted by Crippen LogP contribution is 2.17. The predicted octanol–water partition coefficient (Wildman–Crippen LogP) is 1.51. The quantitative estimate of drug-likeness (QED) is 0.732. The highest BCUT2D eigenvalue weighted by atomic mass is 32.2. The zero-order valence-corrected chi connectivity index (χ0v) is 14.2. The van der Waals surface area contributed by atoms with Crippen LogP contribution in [0.2, 0.25) is 0 Å². The Hall–Kier alpha value is -1.02. The Morgan fingerprint density at radius 1 is 1.43 bits per heavy atom. The van der Waals surface area contributed by atoms with Crippen LogP contribution in [0.5, 0.6) is 0 Å². The summed E-state index contributed by atoms with van der Waals surface area (Å²) >= 11 is 4.98. The molecule has 1 unspecified atom stereocenters. The number of rotatable bonds is 8. The fourth-order valence-electron chi connectivity index (χ4n) is 2.27. The van der Waals surface area contributed by atoms with Crippen LogP contribution in [0, 0.1) is 0 Å². The molecule has 0 amide bonds. The summed E-state index contributed by atoms with van der Waals surface area (Å²) in [7, 11) is -1.91. The van der Waals surface area contributed by atoms with Crippen LogP contribution in [0.3, 0.4) is 0 Å². The molecule has 1 aromatic rings. The summed E-state index contributed by atoms with van der Waals surface area (Å²) in [4.78, 5) is 0.203. The second-order valence-electron chi connectivity index (χ2n) is 4.79. The molecule has 0 fully saturated rings. The minimum absolute atomic E-state index is 0.123. The van der Waals surface area contributed by atoms with Crippen molar-refractivity contribution < 1.29 is 13.2 Å². The van der Waals surface area contributed by atoms with Crippen LogP contribution >= 0.6 is 12.2 Å². The summed E-state index contributed by atoms with van der Waals surface area (Å²) in [6.07, 6.45) is 0. The summed E-state index contributed by atoms with van der Waals surface area (Å²) in [5.74, 6) is -0.123. The van der Waals surface area contributed by atoms with E-state index in [-0.39, 0.29) is 16.8 Å². The van der Waals surface area contributed by atoms with Crippen molar-refractivity contribution >= 4 is 27.2 Å². The molecule has 0 heterocycles. The topological polar surface area (TPSA) is 72.6 Å². The van der Waals surface area contributed by atoms with Gasteiger partial charge in [0.25, 0.3) is 0 Å². The number of nitrogens with two attached hydrogens (primary N) is 1. The monoisotopic (exact) mass is 330 g/mol. The molecule has 0 bridgehead atoms. The van der Waals surface area contributed by atoms with Gasteiger partial charge in [-0.25, -0.2) is 8.42 Å². The number of methoxy groups -OCH3 is 1. The molecule has 2 N–H and O–H groups in total. The van der Waals surface area contributed by atoms with E-state index in [1.54, 1.807) is 31.4 Å². The maximum Gasteiger partial charge on any atom is 0.218 e. The number of likely N-dealkylation sites (N-methyl/N-ethyl adjacent to an activating group) is 1. The summed E-state index contributed by atoms with van der Waals surface area (Å²) < 4.78 is 31.7. The minimum Gasteiger partial charge on any atom is -0.389 e. The Morgan fingerprint density at radius 3 is 2.57 bits per heavy atom. The zero-order chi connectivity index (χ0) is 16.0. The van der Waals surface area contributed by atoms with Crippen molar-refractivity contribution in [3.8, 4) is 0 Å². The van der Waals surface area contributed by atoms with Crippen LogP contribution < -0.4 is 5.73 Å². The van der Waals surface area contributed by atoms with Crippen LogP contribution in [0.1, 0.15) is 25.0 Å². The van der Waals surface area contributed by atoms with Crippen LogP contribution in [0.15, 0.2) is 24.3 Å². The summed E-state index contributed by atoms with van der Waals surface area (Å²) in [5, 5.41) is 0. The lowest BCUT2D eigenvalue weighted by atomic mass is 10.1. The number of ether oxygens (including phenoxy) is 1. The average molecular weight is 330 g/mol. The van der Waals surface area contributed by atoms with Crippen molar-refractivity contribution in [2.24, 2.45) is 5.73 Å². The van der Waals surface area contributed by atoms with E-state index in [2.05, 4.69) is 0 Å². The molecule has 0 radical (unpaired) electrons. The molecule has 0 aliphatic heterocycles. The van der Waals surface area contributed by atoms with Gasteiger partial charge in [0.05, 0.1) is 12.4 Å². The van der Waals surface area contributed by atoms with Gasteiger partial charge in [0, 0.05) is 25.3 Å². The predicted molar refractivity (Wildman–Crippen MR) is 88.7 cm³/mol. The number of sulfonamides is 1. The first-order chi connectivity index (χ1) is 9.83. The van der Waals surface area contributed by atoms with Gasteiger partial charge >= 0.3 is 0 Å². The lowest BCUT2D eigenvalue weighted by molar-refractivity contribution is 0.142. The van der Waals surface area contributed by atoms with Gasteiger partial charge < -0.3 is 10.5 Å². The molecule has 1 atom stereocenters. The van der Waals surface area contributed by atoms with Gasteiger partial charge in [0.2, 0.25) is 10.0 Å².